The Morgan fingerprint density at radius 2 is 1.61 bits per heavy atom. The van der Waals surface area contributed by atoms with Gasteiger partial charge in [-0.2, -0.15) is 4.98 Å². The molecule has 1 aliphatic heterocycles. The second-order valence-electron chi connectivity index (χ2n) is 13.0. The number of amides is 2. The molecule has 0 bridgehead atoms. The van der Waals surface area contributed by atoms with Crippen molar-refractivity contribution < 1.29 is 14.3 Å². The third-order valence-electron chi connectivity index (χ3n) is 9.14. The number of benzene rings is 1. The van der Waals surface area contributed by atoms with Crippen molar-refractivity contribution in [2.24, 2.45) is 5.92 Å². The molecule has 3 fully saturated rings. The van der Waals surface area contributed by atoms with Crippen LogP contribution in [0.2, 0.25) is 0 Å². The zero-order valence-corrected chi connectivity index (χ0v) is 27.6. The molecule has 0 unspecified atom stereocenters. The summed E-state index contributed by atoms with van der Waals surface area (Å²) in [5.41, 5.74) is 4.76. The summed E-state index contributed by atoms with van der Waals surface area (Å²) < 4.78 is 5.39. The van der Waals surface area contributed by atoms with E-state index in [-0.39, 0.29) is 11.8 Å². The van der Waals surface area contributed by atoms with Crippen LogP contribution in [0.25, 0.3) is 11.3 Å². The molecule has 3 aromatic heterocycles. The van der Waals surface area contributed by atoms with Gasteiger partial charge >= 0.3 is 0 Å². The Balaban J connectivity index is 1.06. The summed E-state index contributed by atoms with van der Waals surface area (Å²) in [5.74, 6) is 7.97. The van der Waals surface area contributed by atoms with Gasteiger partial charge in [-0.15, -0.1) is 0 Å². The van der Waals surface area contributed by atoms with Gasteiger partial charge in [-0.3, -0.25) is 14.6 Å². The lowest BCUT2D eigenvalue weighted by Gasteiger charge is -2.28. The Kier molecular flexibility index (Phi) is 9.75. The first-order valence-corrected chi connectivity index (χ1v) is 17.1. The Morgan fingerprint density at radius 1 is 0.837 bits per heavy atom. The van der Waals surface area contributed by atoms with Crippen LogP contribution in [0.1, 0.15) is 77.4 Å². The minimum Gasteiger partial charge on any atom is -0.378 e. The second kappa shape index (κ2) is 14.8. The SMILES string of the molecule is CC1CCC(Nc2nc(Nc3ccc(C#Cc4cc(C(=O)NC5CC5)ccn4)cc3)ncc2-c2ccc(C(=O)N3CCOCC3)cn2)CC1. The van der Waals surface area contributed by atoms with Crippen molar-refractivity contribution in [1.82, 2.24) is 30.2 Å². The molecule has 3 aliphatic rings. The number of carbonyl (C=O) groups is 2. The van der Waals surface area contributed by atoms with Gasteiger partial charge in [-0.1, -0.05) is 12.8 Å². The number of hydrogen-bond acceptors (Lipinski definition) is 9. The number of hydrogen-bond donors (Lipinski definition) is 3. The summed E-state index contributed by atoms with van der Waals surface area (Å²) in [6.45, 7) is 4.58. The fourth-order valence-electron chi connectivity index (χ4n) is 6.00. The van der Waals surface area contributed by atoms with Gasteiger partial charge in [0.15, 0.2) is 0 Å². The number of carbonyl (C=O) groups excluding carboxylic acids is 2. The van der Waals surface area contributed by atoms with Crippen LogP contribution >= 0.6 is 0 Å². The molecular weight excluding hydrogens is 616 g/mol. The standard InChI is InChI=1S/C38H40N8O3/c1-25-2-8-29(9-3-25)42-35-33(34-15-7-28(23-40-34)37(48)46-18-20-49-21-19-46)24-41-38(45-35)44-31-10-4-26(5-11-31)6-12-32-22-27(16-17-39-32)36(47)43-30-13-14-30/h4-5,7,10-11,15-17,22-25,29-30H,2-3,8-9,13-14,18-21H2,1H3,(H,43,47)(H2,41,42,44,45). The number of anilines is 3. The van der Waals surface area contributed by atoms with Crippen molar-refractivity contribution in [2.75, 3.05) is 36.9 Å². The molecule has 1 saturated heterocycles. The summed E-state index contributed by atoms with van der Waals surface area (Å²) >= 11 is 0. The molecule has 2 aliphatic carbocycles. The molecule has 0 atom stereocenters. The molecule has 2 saturated carbocycles. The Morgan fingerprint density at radius 3 is 2.35 bits per heavy atom. The van der Waals surface area contributed by atoms with Crippen molar-refractivity contribution in [3.05, 3.63) is 89.5 Å². The van der Waals surface area contributed by atoms with E-state index in [9.17, 15) is 9.59 Å². The summed E-state index contributed by atoms with van der Waals surface area (Å²) in [4.78, 5) is 45.7. The highest BCUT2D eigenvalue weighted by atomic mass is 16.5. The van der Waals surface area contributed by atoms with Gasteiger partial charge in [0.25, 0.3) is 11.8 Å². The molecule has 49 heavy (non-hydrogen) atoms. The van der Waals surface area contributed by atoms with E-state index in [2.05, 4.69) is 49.7 Å². The minimum atomic E-state index is -0.0875. The smallest absolute Gasteiger partial charge is 0.255 e. The Hall–Kier alpha value is -5.34. The Labute approximate surface area is 286 Å². The maximum Gasteiger partial charge on any atom is 0.255 e. The van der Waals surface area contributed by atoms with Gasteiger partial charge in [0, 0.05) is 60.6 Å². The first kappa shape index (κ1) is 32.2. The molecule has 4 heterocycles. The normalized spacial score (nSPS) is 18.9. The third kappa shape index (κ3) is 8.39. The van der Waals surface area contributed by atoms with Crippen molar-refractivity contribution >= 4 is 29.3 Å². The van der Waals surface area contributed by atoms with Crippen molar-refractivity contribution in [3.63, 3.8) is 0 Å². The van der Waals surface area contributed by atoms with Crippen LogP contribution in [0.15, 0.2) is 67.1 Å². The highest BCUT2D eigenvalue weighted by Gasteiger charge is 2.24. The van der Waals surface area contributed by atoms with Gasteiger partial charge in [0.05, 0.1) is 30.0 Å². The van der Waals surface area contributed by atoms with Crippen LogP contribution in [0.5, 0.6) is 0 Å². The lowest BCUT2D eigenvalue weighted by molar-refractivity contribution is 0.0302. The maximum atomic E-state index is 13.0. The predicted molar refractivity (Wildman–Crippen MR) is 187 cm³/mol. The average Bonchev–Trinajstić information content (AvgIpc) is 3.97. The number of nitrogens with zero attached hydrogens (tertiary/aromatic N) is 5. The van der Waals surface area contributed by atoms with E-state index >= 15 is 0 Å². The van der Waals surface area contributed by atoms with Crippen molar-refractivity contribution in [1.29, 1.82) is 0 Å². The van der Waals surface area contributed by atoms with Crippen LogP contribution in [-0.2, 0) is 4.74 Å². The van der Waals surface area contributed by atoms with Crippen molar-refractivity contribution in [2.45, 2.75) is 57.5 Å². The lowest BCUT2D eigenvalue weighted by atomic mass is 9.87. The Bertz CT molecular complexity index is 1850. The summed E-state index contributed by atoms with van der Waals surface area (Å²) in [5, 5.41) is 9.99. The first-order valence-electron chi connectivity index (χ1n) is 17.1. The monoisotopic (exact) mass is 656 g/mol. The van der Waals surface area contributed by atoms with Gasteiger partial charge in [-0.05, 0) is 98.9 Å². The molecule has 2 amide bonds. The predicted octanol–water partition coefficient (Wildman–Crippen LogP) is 5.43. The van der Waals surface area contributed by atoms with Crippen molar-refractivity contribution in [3.8, 4) is 23.1 Å². The second-order valence-corrected chi connectivity index (χ2v) is 13.0. The topological polar surface area (TPSA) is 134 Å². The number of morpholine rings is 1. The van der Waals surface area contributed by atoms with Gasteiger partial charge in [0.2, 0.25) is 5.95 Å². The van der Waals surface area contributed by atoms with E-state index < -0.39 is 0 Å². The van der Waals surface area contributed by atoms with E-state index in [1.165, 1.54) is 12.8 Å². The first-order chi connectivity index (χ1) is 24.0. The molecule has 7 rings (SSSR count). The largest absolute Gasteiger partial charge is 0.378 e. The molecule has 250 valence electrons. The minimum absolute atomic E-state index is 0.0381. The quantitative estimate of drug-likeness (QED) is 0.212. The summed E-state index contributed by atoms with van der Waals surface area (Å²) in [6, 6.07) is 15.4. The lowest BCUT2D eigenvalue weighted by Crippen LogP contribution is -2.40. The third-order valence-corrected chi connectivity index (χ3v) is 9.14. The molecule has 0 spiro atoms. The summed E-state index contributed by atoms with van der Waals surface area (Å²) in [6.07, 6.45) is 11.6. The van der Waals surface area contributed by atoms with Crippen LogP contribution < -0.4 is 16.0 Å². The fourth-order valence-corrected chi connectivity index (χ4v) is 6.00. The maximum absolute atomic E-state index is 13.0. The van der Waals surface area contributed by atoms with E-state index in [0.717, 1.165) is 48.4 Å². The number of nitrogens with one attached hydrogen (secondary N) is 3. The van der Waals surface area contributed by atoms with Crippen LogP contribution in [0, 0.1) is 17.8 Å². The van der Waals surface area contributed by atoms with Gasteiger partial charge in [0.1, 0.15) is 11.5 Å². The van der Waals surface area contributed by atoms with E-state index in [0.29, 0.717) is 72.7 Å². The molecule has 3 N–H and O–H groups in total. The van der Waals surface area contributed by atoms with Crippen LogP contribution in [0.4, 0.5) is 17.5 Å². The molecule has 11 nitrogen and oxygen atoms in total. The van der Waals surface area contributed by atoms with E-state index in [4.69, 9.17) is 9.72 Å². The number of pyridine rings is 2. The number of ether oxygens (including phenoxy) is 1. The number of rotatable bonds is 8. The number of aromatic nitrogens is 4. The van der Waals surface area contributed by atoms with Crippen LogP contribution in [0.3, 0.4) is 0 Å². The average molecular weight is 657 g/mol. The molecule has 0 radical (unpaired) electrons. The van der Waals surface area contributed by atoms with Crippen LogP contribution in [-0.4, -0.2) is 75.0 Å². The molecular formula is C38H40N8O3. The molecule has 4 aromatic rings. The zero-order chi connectivity index (χ0) is 33.6. The van der Waals surface area contributed by atoms with Gasteiger partial charge < -0.3 is 25.6 Å². The van der Waals surface area contributed by atoms with E-state index in [1.54, 1.807) is 35.6 Å². The van der Waals surface area contributed by atoms with E-state index in [1.807, 2.05) is 36.4 Å². The highest BCUT2D eigenvalue weighted by Crippen LogP contribution is 2.31. The fraction of sp³-hybridized carbons (Fsp3) is 0.368. The van der Waals surface area contributed by atoms with Gasteiger partial charge in [-0.25, -0.2) is 9.97 Å². The summed E-state index contributed by atoms with van der Waals surface area (Å²) in [7, 11) is 0. The zero-order valence-electron chi connectivity index (χ0n) is 27.6. The highest BCUT2D eigenvalue weighted by molar-refractivity contribution is 5.95. The molecule has 1 aromatic carbocycles. The molecule has 11 heteroatoms.